The summed E-state index contributed by atoms with van der Waals surface area (Å²) in [5.41, 5.74) is 0. The zero-order chi connectivity index (χ0) is 8.39. The minimum absolute atomic E-state index is 0.0715. The number of nitrogens with one attached hydrogen (secondary N) is 1. The summed E-state index contributed by atoms with van der Waals surface area (Å²) < 4.78 is 0. The summed E-state index contributed by atoms with van der Waals surface area (Å²) in [6, 6.07) is 0.402. The van der Waals surface area contributed by atoms with Gasteiger partial charge in [-0.25, -0.2) is 0 Å². The SMILES string of the molecule is O[C@H](CC1CC1)[C@H]1CCCCN1. The molecule has 0 aromatic carbocycles. The van der Waals surface area contributed by atoms with E-state index in [4.69, 9.17) is 0 Å². The number of rotatable bonds is 3. The Morgan fingerprint density at radius 2 is 2.08 bits per heavy atom. The lowest BCUT2D eigenvalue weighted by Crippen LogP contribution is -2.43. The van der Waals surface area contributed by atoms with E-state index in [1.165, 1.54) is 32.1 Å². The quantitative estimate of drug-likeness (QED) is 0.667. The van der Waals surface area contributed by atoms with Gasteiger partial charge < -0.3 is 10.4 Å². The fraction of sp³-hybridized carbons (Fsp3) is 1.00. The Kier molecular flexibility index (Phi) is 2.66. The molecule has 2 fully saturated rings. The van der Waals surface area contributed by atoms with Crippen molar-refractivity contribution in [1.29, 1.82) is 0 Å². The van der Waals surface area contributed by atoms with Crippen molar-refractivity contribution in [3.63, 3.8) is 0 Å². The van der Waals surface area contributed by atoms with Gasteiger partial charge in [0.1, 0.15) is 0 Å². The van der Waals surface area contributed by atoms with Gasteiger partial charge in [-0.1, -0.05) is 19.3 Å². The maximum Gasteiger partial charge on any atom is 0.0695 e. The Labute approximate surface area is 74.4 Å². The first-order valence-corrected chi connectivity index (χ1v) is 5.28. The van der Waals surface area contributed by atoms with Gasteiger partial charge in [-0.15, -0.1) is 0 Å². The molecule has 0 amide bonds. The molecule has 12 heavy (non-hydrogen) atoms. The van der Waals surface area contributed by atoms with Crippen LogP contribution in [0.2, 0.25) is 0 Å². The van der Waals surface area contributed by atoms with Crippen LogP contribution in [0.5, 0.6) is 0 Å². The van der Waals surface area contributed by atoms with E-state index in [0.717, 1.165) is 18.9 Å². The molecule has 2 N–H and O–H groups in total. The van der Waals surface area contributed by atoms with Crippen LogP contribution in [0.4, 0.5) is 0 Å². The molecule has 2 atom stereocenters. The van der Waals surface area contributed by atoms with Crippen LogP contribution >= 0.6 is 0 Å². The van der Waals surface area contributed by atoms with Crippen LogP contribution in [0.15, 0.2) is 0 Å². The fourth-order valence-electron chi connectivity index (χ4n) is 2.07. The highest BCUT2D eigenvalue weighted by molar-refractivity contribution is 4.84. The van der Waals surface area contributed by atoms with E-state index in [9.17, 15) is 5.11 Å². The van der Waals surface area contributed by atoms with E-state index in [2.05, 4.69) is 5.32 Å². The van der Waals surface area contributed by atoms with Gasteiger partial charge in [0.05, 0.1) is 6.10 Å². The van der Waals surface area contributed by atoms with E-state index in [-0.39, 0.29) is 6.10 Å². The third-order valence-corrected chi connectivity index (χ3v) is 3.08. The highest BCUT2D eigenvalue weighted by Gasteiger charge is 2.29. The van der Waals surface area contributed by atoms with Gasteiger partial charge in [-0.2, -0.15) is 0 Å². The zero-order valence-electron chi connectivity index (χ0n) is 7.63. The molecule has 2 rings (SSSR count). The van der Waals surface area contributed by atoms with Gasteiger partial charge in [-0.3, -0.25) is 0 Å². The molecule has 2 aliphatic rings. The molecule has 1 heterocycles. The monoisotopic (exact) mass is 169 g/mol. The summed E-state index contributed by atoms with van der Waals surface area (Å²) >= 11 is 0. The van der Waals surface area contributed by atoms with E-state index >= 15 is 0 Å². The summed E-state index contributed by atoms with van der Waals surface area (Å²) in [6.07, 6.45) is 7.42. The van der Waals surface area contributed by atoms with Crippen LogP contribution in [0.25, 0.3) is 0 Å². The largest absolute Gasteiger partial charge is 0.391 e. The molecule has 0 radical (unpaired) electrons. The van der Waals surface area contributed by atoms with Crippen molar-refractivity contribution < 1.29 is 5.11 Å². The van der Waals surface area contributed by atoms with Gasteiger partial charge in [-0.05, 0) is 31.7 Å². The van der Waals surface area contributed by atoms with Gasteiger partial charge in [0, 0.05) is 6.04 Å². The first kappa shape index (κ1) is 8.52. The fourth-order valence-corrected chi connectivity index (χ4v) is 2.07. The Balaban J connectivity index is 1.72. The van der Waals surface area contributed by atoms with Gasteiger partial charge >= 0.3 is 0 Å². The van der Waals surface area contributed by atoms with Crippen LogP contribution in [-0.4, -0.2) is 23.8 Å². The number of hydrogen-bond acceptors (Lipinski definition) is 2. The second-order valence-electron chi connectivity index (χ2n) is 4.30. The first-order valence-electron chi connectivity index (χ1n) is 5.28. The number of aliphatic hydroxyl groups is 1. The number of hydrogen-bond donors (Lipinski definition) is 2. The number of aliphatic hydroxyl groups excluding tert-OH is 1. The summed E-state index contributed by atoms with van der Waals surface area (Å²) in [7, 11) is 0. The minimum Gasteiger partial charge on any atom is -0.391 e. The number of piperidine rings is 1. The molecule has 0 spiro atoms. The van der Waals surface area contributed by atoms with Crippen LogP contribution in [0, 0.1) is 5.92 Å². The van der Waals surface area contributed by atoms with Crippen LogP contribution in [0.3, 0.4) is 0 Å². The molecule has 0 aromatic heterocycles. The molecule has 1 saturated heterocycles. The molecule has 1 aliphatic heterocycles. The first-order chi connectivity index (χ1) is 5.86. The molecule has 70 valence electrons. The Morgan fingerprint density at radius 1 is 1.25 bits per heavy atom. The lowest BCUT2D eigenvalue weighted by atomic mass is 9.96. The van der Waals surface area contributed by atoms with Crippen molar-refractivity contribution in [2.75, 3.05) is 6.54 Å². The lowest BCUT2D eigenvalue weighted by Gasteiger charge is -2.27. The molecular weight excluding hydrogens is 150 g/mol. The topological polar surface area (TPSA) is 32.3 Å². The summed E-state index contributed by atoms with van der Waals surface area (Å²) in [6.45, 7) is 1.10. The maximum absolute atomic E-state index is 9.82. The summed E-state index contributed by atoms with van der Waals surface area (Å²) in [4.78, 5) is 0. The van der Waals surface area contributed by atoms with Gasteiger partial charge in [0.2, 0.25) is 0 Å². The van der Waals surface area contributed by atoms with Crippen molar-refractivity contribution in [2.24, 2.45) is 5.92 Å². The molecule has 2 nitrogen and oxygen atoms in total. The highest BCUT2D eigenvalue weighted by Crippen LogP contribution is 2.34. The molecule has 0 bridgehead atoms. The van der Waals surface area contributed by atoms with E-state index < -0.39 is 0 Å². The highest BCUT2D eigenvalue weighted by atomic mass is 16.3. The van der Waals surface area contributed by atoms with Crippen LogP contribution in [0.1, 0.15) is 38.5 Å². The van der Waals surface area contributed by atoms with Crippen molar-refractivity contribution in [3.8, 4) is 0 Å². The molecule has 0 aromatic rings. The van der Waals surface area contributed by atoms with E-state index in [1.54, 1.807) is 0 Å². The van der Waals surface area contributed by atoms with Gasteiger partial charge in [0.25, 0.3) is 0 Å². The van der Waals surface area contributed by atoms with Crippen molar-refractivity contribution in [2.45, 2.75) is 50.7 Å². The maximum atomic E-state index is 9.82. The molecule has 0 unspecified atom stereocenters. The molecular formula is C10H19NO. The van der Waals surface area contributed by atoms with Crippen molar-refractivity contribution in [3.05, 3.63) is 0 Å². The Morgan fingerprint density at radius 3 is 2.67 bits per heavy atom. The smallest absolute Gasteiger partial charge is 0.0695 e. The third kappa shape index (κ3) is 2.20. The molecule has 1 aliphatic carbocycles. The Hall–Kier alpha value is -0.0800. The second-order valence-corrected chi connectivity index (χ2v) is 4.30. The average Bonchev–Trinajstić information content (AvgIpc) is 2.90. The van der Waals surface area contributed by atoms with Crippen molar-refractivity contribution in [1.82, 2.24) is 5.32 Å². The zero-order valence-corrected chi connectivity index (χ0v) is 7.63. The summed E-state index contributed by atoms with van der Waals surface area (Å²) in [5, 5.41) is 13.2. The van der Waals surface area contributed by atoms with Crippen molar-refractivity contribution >= 4 is 0 Å². The lowest BCUT2D eigenvalue weighted by molar-refractivity contribution is 0.0993. The van der Waals surface area contributed by atoms with Crippen LogP contribution in [-0.2, 0) is 0 Å². The summed E-state index contributed by atoms with van der Waals surface area (Å²) in [5.74, 6) is 0.851. The predicted octanol–water partition coefficient (Wildman–Crippen LogP) is 1.29. The third-order valence-electron chi connectivity index (χ3n) is 3.08. The van der Waals surface area contributed by atoms with E-state index in [1.807, 2.05) is 0 Å². The van der Waals surface area contributed by atoms with E-state index in [0.29, 0.717) is 6.04 Å². The predicted molar refractivity (Wildman–Crippen MR) is 49.0 cm³/mol. The van der Waals surface area contributed by atoms with Gasteiger partial charge in [0.15, 0.2) is 0 Å². The average molecular weight is 169 g/mol. The Bertz CT molecular complexity index is 139. The molecule has 2 heteroatoms. The normalized spacial score (nSPS) is 33.2. The standard InChI is InChI=1S/C10H19NO/c12-10(7-8-4-5-8)9-3-1-2-6-11-9/h8-12H,1-7H2/t9-,10-/m1/s1. The molecule has 1 saturated carbocycles. The minimum atomic E-state index is -0.0715. The van der Waals surface area contributed by atoms with Crippen LogP contribution < -0.4 is 5.32 Å². The second kappa shape index (κ2) is 3.75.